The van der Waals surface area contributed by atoms with Gasteiger partial charge in [0.1, 0.15) is 17.8 Å². The summed E-state index contributed by atoms with van der Waals surface area (Å²) in [5, 5.41) is 6.26. The van der Waals surface area contributed by atoms with Gasteiger partial charge in [0.15, 0.2) is 5.65 Å². The average molecular weight is 440 g/mol. The number of aromatic nitrogens is 4. The minimum absolute atomic E-state index is 0.0119. The van der Waals surface area contributed by atoms with Gasteiger partial charge in [-0.05, 0) is 39.1 Å². The Morgan fingerprint density at radius 2 is 2.06 bits per heavy atom. The van der Waals surface area contributed by atoms with Gasteiger partial charge in [-0.1, -0.05) is 29.8 Å². The highest BCUT2D eigenvalue weighted by Gasteiger charge is 2.28. The van der Waals surface area contributed by atoms with E-state index in [1.54, 1.807) is 6.08 Å². The van der Waals surface area contributed by atoms with E-state index in [0.717, 1.165) is 42.6 Å². The molecule has 2 N–H and O–H groups in total. The van der Waals surface area contributed by atoms with Gasteiger partial charge in [-0.15, -0.1) is 0 Å². The summed E-state index contributed by atoms with van der Waals surface area (Å²) in [7, 11) is 3.95. The number of halogens is 1. The van der Waals surface area contributed by atoms with E-state index in [1.807, 2.05) is 58.9 Å². The minimum atomic E-state index is 0.0119. The van der Waals surface area contributed by atoms with E-state index in [2.05, 4.69) is 9.97 Å². The number of nitrogen functional groups attached to an aromatic ring is 1. The molecule has 9 heteroatoms. The molecule has 1 aliphatic heterocycles. The molecule has 1 unspecified atom stereocenters. The van der Waals surface area contributed by atoms with Crippen LogP contribution in [-0.4, -0.2) is 69.2 Å². The first kappa shape index (κ1) is 21.3. The fourth-order valence-electron chi connectivity index (χ4n) is 3.88. The number of fused-ring (bicyclic) bond motifs is 1. The molecule has 0 saturated carbocycles. The second-order valence-electron chi connectivity index (χ2n) is 8.00. The van der Waals surface area contributed by atoms with Crippen molar-refractivity contribution in [3.05, 3.63) is 47.8 Å². The van der Waals surface area contributed by atoms with Crippen molar-refractivity contribution in [2.24, 2.45) is 0 Å². The van der Waals surface area contributed by atoms with E-state index in [-0.39, 0.29) is 11.9 Å². The Hall–Kier alpha value is -2.97. The van der Waals surface area contributed by atoms with Gasteiger partial charge in [0.25, 0.3) is 0 Å². The lowest BCUT2D eigenvalue weighted by Crippen LogP contribution is -2.40. The molecule has 1 aromatic carbocycles. The Morgan fingerprint density at radius 3 is 2.81 bits per heavy atom. The third kappa shape index (κ3) is 4.55. The largest absolute Gasteiger partial charge is 0.383 e. The average Bonchev–Trinajstić information content (AvgIpc) is 3.15. The summed E-state index contributed by atoms with van der Waals surface area (Å²) in [5.41, 5.74) is 8.51. The standard InChI is InChI=1S/C22H26ClN7O/c1-28(2)11-4-6-18(31)29-12-3-5-17(13-29)30-22-19(21(24)25-14-26-22)20(27-30)15-7-9-16(23)10-8-15/h4,6-10,14,17H,3,5,11-13H2,1-2H3,(H2,24,25,26)/b6-4+. The van der Waals surface area contributed by atoms with Gasteiger partial charge in [0.05, 0.1) is 11.4 Å². The number of nitrogens with two attached hydrogens (primary N) is 1. The van der Waals surface area contributed by atoms with Crippen LogP contribution in [0.4, 0.5) is 5.82 Å². The number of likely N-dealkylation sites (N-methyl/N-ethyl adjacent to an activating group) is 1. The van der Waals surface area contributed by atoms with Crippen molar-refractivity contribution in [2.45, 2.75) is 18.9 Å². The molecule has 0 radical (unpaired) electrons. The van der Waals surface area contributed by atoms with Gasteiger partial charge in [-0.2, -0.15) is 5.10 Å². The van der Waals surface area contributed by atoms with E-state index < -0.39 is 0 Å². The fraction of sp³-hybridized carbons (Fsp3) is 0.364. The van der Waals surface area contributed by atoms with Crippen LogP contribution in [0.3, 0.4) is 0 Å². The molecule has 8 nitrogen and oxygen atoms in total. The lowest BCUT2D eigenvalue weighted by atomic mass is 10.1. The van der Waals surface area contributed by atoms with Crippen LogP contribution < -0.4 is 5.73 Å². The Bertz CT molecular complexity index is 1110. The lowest BCUT2D eigenvalue weighted by molar-refractivity contribution is -0.127. The van der Waals surface area contributed by atoms with Crippen molar-refractivity contribution in [3.63, 3.8) is 0 Å². The van der Waals surface area contributed by atoms with E-state index in [1.165, 1.54) is 6.33 Å². The van der Waals surface area contributed by atoms with Crippen LogP contribution in [0.1, 0.15) is 18.9 Å². The number of benzene rings is 1. The Labute approximate surface area is 186 Å². The summed E-state index contributed by atoms with van der Waals surface area (Å²) < 4.78 is 1.90. The molecule has 4 rings (SSSR count). The smallest absolute Gasteiger partial charge is 0.246 e. The number of hydrogen-bond acceptors (Lipinski definition) is 6. The Kier molecular flexibility index (Phi) is 6.20. The van der Waals surface area contributed by atoms with Crippen molar-refractivity contribution in [1.29, 1.82) is 0 Å². The van der Waals surface area contributed by atoms with Crippen LogP contribution in [0.2, 0.25) is 5.02 Å². The van der Waals surface area contributed by atoms with Gasteiger partial charge in [0.2, 0.25) is 5.91 Å². The molecular formula is C22H26ClN7O. The zero-order valence-electron chi connectivity index (χ0n) is 17.7. The van der Waals surface area contributed by atoms with Crippen LogP contribution >= 0.6 is 11.6 Å². The highest BCUT2D eigenvalue weighted by atomic mass is 35.5. The first-order chi connectivity index (χ1) is 14.9. The highest BCUT2D eigenvalue weighted by molar-refractivity contribution is 6.30. The Balaban J connectivity index is 1.66. The number of hydrogen-bond donors (Lipinski definition) is 1. The third-order valence-corrected chi connectivity index (χ3v) is 5.67. The normalized spacial score (nSPS) is 17.2. The molecule has 1 amide bonds. The quantitative estimate of drug-likeness (QED) is 0.614. The summed E-state index contributed by atoms with van der Waals surface area (Å²) in [6.07, 6.45) is 6.81. The number of likely N-dealkylation sites (tertiary alicyclic amines) is 1. The maximum atomic E-state index is 12.7. The van der Waals surface area contributed by atoms with Crippen molar-refractivity contribution in [3.8, 4) is 11.3 Å². The van der Waals surface area contributed by atoms with Crippen molar-refractivity contribution in [2.75, 3.05) is 39.5 Å². The maximum absolute atomic E-state index is 12.7. The first-order valence-corrected chi connectivity index (χ1v) is 10.7. The van der Waals surface area contributed by atoms with E-state index in [4.69, 9.17) is 22.4 Å². The van der Waals surface area contributed by atoms with Gasteiger partial charge in [-0.25, -0.2) is 14.6 Å². The molecule has 162 valence electrons. The second kappa shape index (κ2) is 9.03. The predicted octanol–water partition coefficient (Wildman–Crippen LogP) is 3.01. The molecule has 0 spiro atoms. The van der Waals surface area contributed by atoms with E-state index in [9.17, 15) is 4.79 Å². The van der Waals surface area contributed by atoms with Gasteiger partial charge in [0, 0.05) is 36.3 Å². The van der Waals surface area contributed by atoms with E-state index >= 15 is 0 Å². The zero-order chi connectivity index (χ0) is 22.0. The van der Waals surface area contributed by atoms with E-state index in [0.29, 0.717) is 23.0 Å². The lowest BCUT2D eigenvalue weighted by Gasteiger charge is -2.32. The van der Waals surface area contributed by atoms with Gasteiger partial charge in [-0.3, -0.25) is 4.79 Å². The fourth-order valence-corrected chi connectivity index (χ4v) is 4.01. The van der Waals surface area contributed by atoms with Gasteiger partial charge >= 0.3 is 0 Å². The minimum Gasteiger partial charge on any atom is -0.383 e. The van der Waals surface area contributed by atoms with Gasteiger partial charge < -0.3 is 15.5 Å². The Morgan fingerprint density at radius 1 is 1.29 bits per heavy atom. The van der Waals surface area contributed by atoms with Crippen LogP contribution in [0, 0.1) is 0 Å². The summed E-state index contributed by atoms with van der Waals surface area (Å²) in [6.45, 7) is 2.04. The molecule has 0 aliphatic carbocycles. The number of nitrogens with zero attached hydrogens (tertiary/aromatic N) is 6. The number of rotatable bonds is 5. The van der Waals surface area contributed by atoms with Crippen molar-refractivity contribution in [1.82, 2.24) is 29.5 Å². The number of piperidine rings is 1. The van der Waals surface area contributed by atoms with Crippen molar-refractivity contribution < 1.29 is 4.79 Å². The predicted molar refractivity (Wildman–Crippen MR) is 123 cm³/mol. The summed E-state index contributed by atoms with van der Waals surface area (Å²) in [5.74, 6) is 0.409. The SMILES string of the molecule is CN(C)C/C=C/C(=O)N1CCCC(n2nc(-c3ccc(Cl)cc3)c3c(N)ncnc32)C1. The number of carbonyl (C=O) groups is 1. The molecular weight excluding hydrogens is 414 g/mol. The van der Waals surface area contributed by atoms with Crippen LogP contribution in [-0.2, 0) is 4.79 Å². The number of amides is 1. The van der Waals surface area contributed by atoms with Crippen molar-refractivity contribution >= 4 is 34.4 Å². The molecule has 0 bridgehead atoms. The zero-order valence-corrected chi connectivity index (χ0v) is 18.5. The highest BCUT2D eigenvalue weighted by Crippen LogP contribution is 2.34. The summed E-state index contributed by atoms with van der Waals surface area (Å²) >= 11 is 6.05. The molecule has 31 heavy (non-hydrogen) atoms. The van der Waals surface area contributed by atoms with Crippen LogP contribution in [0.25, 0.3) is 22.3 Å². The number of carbonyl (C=O) groups excluding carboxylic acids is 1. The molecule has 3 heterocycles. The second-order valence-corrected chi connectivity index (χ2v) is 8.44. The van der Waals surface area contributed by atoms with Crippen LogP contribution in [0.5, 0.6) is 0 Å². The summed E-state index contributed by atoms with van der Waals surface area (Å²) in [6, 6.07) is 7.48. The number of anilines is 1. The topological polar surface area (TPSA) is 93.2 Å². The molecule has 1 atom stereocenters. The summed E-state index contributed by atoms with van der Waals surface area (Å²) in [4.78, 5) is 25.2. The monoisotopic (exact) mass is 439 g/mol. The molecule has 1 saturated heterocycles. The molecule has 3 aromatic rings. The molecule has 1 fully saturated rings. The van der Waals surface area contributed by atoms with Crippen LogP contribution in [0.15, 0.2) is 42.7 Å². The third-order valence-electron chi connectivity index (χ3n) is 5.42. The maximum Gasteiger partial charge on any atom is 0.246 e. The first-order valence-electron chi connectivity index (χ1n) is 10.3. The molecule has 2 aromatic heterocycles. The molecule has 1 aliphatic rings.